The lowest BCUT2D eigenvalue weighted by atomic mass is 9.82. The Morgan fingerprint density at radius 2 is 1.34 bits per heavy atom. The van der Waals surface area contributed by atoms with Gasteiger partial charge in [0.25, 0.3) is 17.7 Å². The number of hydrazine groups is 1. The van der Waals surface area contributed by atoms with E-state index in [0.29, 0.717) is 29.0 Å². The van der Waals surface area contributed by atoms with Crippen molar-refractivity contribution in [1.29, 1.82) is 0 Å². The van der Waals surface area contributed by atoms with Gasteiger partial charge in [0, 0.05) is 0 Å². The molecule has 5 rings (SSSR count). The van der Waals surface area contributed by atoms with Gasteiger partial charge in [0.05, 0.1) is 0 Å². The number of nitrogens with one attached hydrogen (secondary N) is 3. The van der Waals surface area contributed by atoms with Crippen LogP contribution in [0.4, 0.5) is 9.59 Å². The van der Waals surface area contributed by atoms with E-state index in [1.807, 2.05) is 0 Å². The van der Waals surface area contributed by atoms with E-state index in [2.05, 4.69) is 16.1 Å². The van der Waals surface area contributed by atoms with Crippen LogP contribution in [0.5, 0.6) is 0 Å². The van der Waals surface area contributed by atoms with E-state index in [4.69, 9.17) is 0 Å². The van der Waals surface area contributed by atoms with Crippen LogP contribution in [0, 0.1) is 0 Å². The Morgan fingerprint density at radius 3 is 1.91 bits per heavy atom. The molecular weight excluding hydrogens is 450 g/mol. The molecule has 1 saturated carbocycles. The second-order valence-corrected chi connectivity index (χ2v) is 9.05. The maximum absolute atomic E-state index is 13.7. The zero-order valence-electron chi connectivity index (χ0n) is 19.0. The second kappa shape index (κ2) is 8.53. The van der Waals surface area contributed by atoms with Gasteiger partial charge in [-0.25, -0.2) is 9.59 Å². The minimum absolute atomic E-state index is 0.447. The molecule has 0 radical (unpaired) electrons. The van der Waals surface area contributed by atoms with Crippen molar-refractivity contribution in [1.82, 2.24) is 26.0 Å². The average molecular weight is 476 g/mol. The predicted octanol–water partition coefficient (Wildman–Crippen LogP) is 1.77. The van der Waals surface area contributed by atoms with Crippen LogP contribution in [0.2, 0.25) is 0 Å². The van der Waals surface area contributed by atoms with Crippen LogP contribution < -0.4 is 16.1 Å². The number of hydrogen-bond acceptors (Lipinski definition) is 5. The maximum Gasteiger partial charge on any atom is 0.344 e. The van der Waals surface area contributed by atoms with Crippen molar-refractivity contribution in [3.05, 3.63) is 71.8 Å². The molecule has 35 heavy (non-hydrogen) atoms. The summed E-state index contributed by atoms with van der Waals surface area (Å²) in [6.45, 7) is -0.604. The first-order valence-corrected chi connectivity index (χ1v) is 11.6. The summed E-state index contributed by atoms with van der Waals surface area (Å²) in [6, 6.07) is 16.0. The zero-order valence-corrected chi connectivity index (χ0v) is 19.0. The molecule has 2 heterocycles. The average Bonchev–Trinajstić information content (AvgIpc) is 3.26. The van der Waals surface area contributed by atoms with E-state index in [0.717, 1.165) is 24.2 Å². The minimum Gasteiger partial charge on any atom is -0.323 e. The van der Waals surface area contributed by atoms with E-state index < -0.39 is 47.4 Å². The third-order valence-corrected chi connectivity index (χ3v) is 6.93. The molecule has 2 aliphatic heterocycles. The normalized spacial score (nSPS) is 20.7. The highest BCUT2D eigenvalue weighted by Crippen LogP contribution is 2.36. The summed E-state index contributed by atoms with van der Waals surface area (Å²) in [5, 5.41) is 6.07. The van der Waals surface area contributed by atoms with Gasteiger partial charge in [0.2, 0.25) is 0 Å². The Bertz CT molecular complexity index is 1150. The van der Waals surface area contributed by atoms with Gasteiger partial charge in [-0.05, 0) is 24.0 Å². The molecule has 3 aliphatic rings. The summed E-state index contributed by atoms with van der Waals surface area (Å²) in [5.41, 5.74) is 0.829. The van der Waals surface area contributed by atoms with Gasteiger partial charge in [-0.3, -0.25) is 24.7 Å². The van der Waals surface area contributed by atoms with Crippen LogP contribution in [-0.4, -0.2) is 51.8 Å². The van der Waals surface area contributed by atoms with Crippen LogP contribution in [-0.2, 0) is 19.9 Å². The number of urea groups is 2. The van der Waals surface area contributed by atoms with E-state index in [1.165, 1.54) is 0 Å². The summed E-state index contributed by atoms with van der Waals surface area (Å²) in [6.07, 6.45) is 3.67. The molecule has 2 saturated heterocycles. The molecule has 0 bridgehead atoms. The van der Waals surface area contributed by atoms with Crippen LogP contribution in [0.1, 0.15) is 43.2 Å². The molecule has 3 fully saturated rings. The number of nitrogens with zero attached hydrogens (tertiary/aromatic N) is 2. The summed E-state index contributed by atoms with van der Waals surface area (Å²) in [5.74, 6) is -1.98. The highest BCUT2D eigenvalue weighted by molar-refractivity contribution is 6.12. The number of amides is 7. The van der Waals surface area contributed by atoms with Crippen LogP contribution >= 0.6 is 0 Å². The van der Waals surface area contributed by atoms with Crippen molar-refractivity contribution in [2.75, 3.05) is 6.54 Å². The largest absolute Gasteiger partial charge is 0.344 e. The highest BCUT2D eigenvalue weighted by atomic mass is 16.2. The van der Waals surface area contributed by atoms with Crippen LogP contribution in [0.15, 0.2) is 60.7 Å². The number of hydrogen-bond donors (Lipinski definition) is 3. The topological polar surface area (TPSA) is 128 Å². The maximum atomic E-state index is 13.7. The van der Waals surface area contributed by atoms with E-state index in [1.54, 1.807) is 60.7 Å². The van der Waals surface area contributed by atoms with Crippen molar-refractivity contribution in [2.24, 2.45) is 0 Å². The first-order valence-electron chi connectivity index (χ1n) is 11.6. The molecule has 0 aromatic heterocycles. The number of benzene rings is 2. The smallest absolute Gasteiger partial charge is 0.323 e. The minimum atomic E-state index is -1.54. The van der Waals surface area contributed by atoms with Gasteiger partial charge in [0.1, 0.15) is 12.1 Å². The van der Waals surface area contributed by atoms with Crippen LogP contribution in [0.3, 0.4) is 0 Å². The molecule has 10 nitrogen and oxygen atoms in total. The Morgan fingerprint density at radius 1 is 0.771 bits per heavy atom. The molecule has 0 atom stereocenters. The van der Waals surface area contributed by atoms with Crippen molar-refractivity contribution in [3.63, 3.8) is 0 Å². The lowest BCUT2D eigenvalue weighted by molar-refractivity contribution is -0.140. The third kappa shape index (κ3) is 3.61. The Kier molecular flexibility index (Phi) is 5.50. The first kappa shape index (κ1) is 22.6. The lowest BCUT2D eigenvalue weighted by Gasteiger charge is -2.30. The number of carbonyl (C=O) groups is 5. The Hall–Kier alpha value is -4.21. The number of rotatable bonds is 5. The molecule has 7 amide bonds. The van der Waals surface area contributed by atoms with Gasteiger partial charge in [-0.15, -0.1) is 0 Å². The number of carbonyl (C=O) groups excluding carboxylic acids is 5. The van der Waals surface area contributed by atoms with Gasteiger partial charge < -0.3 is 10.6 Å². The van der Waals surface area contributed by atoms with E-state index in [-0.39, 0.29) is 0 Å². The fourth-order valence-corrected chi connectivity index (χ4v) is 5.18. The Labute approximate surface area is 201 Å². The first-order chi connectivity index (χ1) is 16.9. The highest BCUT2D eigenvalue weighted by Gasteiger charge is 2.55. The molecule has 1 aliphatic carbocycles. The molecule has 1 spiro atoms. The van der Waals surface area contributed by atoms with Gasteiger partial charge >= 0.3 is 12.1 Å². The molecule has 3 N–H and O–H groups in total. The van der Waals surface area contributed by atoms with Crippen molar-refractivity contribution >= 4 is 29.8 Å². The lowest BCUT2D eigenvalue weighted by Crippen LogP contribution is -2.52. The Balaban J connectivity index is 1.37. The molecule has 2 aromatic rings. The summed E-state index contributed by atoms with van der Waals surface area (Å²) >= 11 is 0. The third-order valence-electron chi connectivity index (χ3n) is 6.93. The van der Waals surface area contributed by atoms with Gasteiger partial charge in [-0.2, -0.15) is 5.01 Å². The summed E-state index contributed by atoms with van der Waals surface area (Å²) in [7, 11) is 0. The van der Waals surface area contributed by atoms with Crippen molar-refractivity contribution in [2.45, 2.75) is 43.2 Å². The van der Waals surface area contributed by atoms with Crippen molar-refractivity contribution < 1.29 is 24.0 Å². The molecule has 10 heteroatoms. The predicted molar refractivity (Wildman–Crippen MR) is 123 cm³/mol. The SMILES string of the molecule is O=C(CN1C(=O)NC2(CCCCC2)C1=O)NN1C(=O)NC(c2ccccc2)(c2ccccc2)C1=O. The summed E-state index contributed by atoms with van der Waals surface area (Å²) < 4.78 is 0. The molecular formula is C25H25N5O5. The fraction of sp³-hybridized carbons (Fsp3) is 0.320. The molecule has 2 aromatic carbocycles. The monoisotopic (exact) mass is 475 g/mol. The summed E-state index contributed by atoms with van der Waals surface area (Å²) in [4.78, 5) is 65.7. The van der Waals surface area contributed by atoms with E-state index in [9.17, 15) is 24.0 Å². The second-order valence-electron chi connectivity index (χ2n) is 9.05. The van der Waals surface area contributed by atoms with Gasteiger partial charge in [-0.1, -0.05) is 79.9 Å². The van der Waals surface area contributed by atoms with Gasteiger partial charge in [0.15, 0.2) is 5.54 Å². The van der Waals surface area contributed by atoms with Crippen molar-refractivity contribution in [3.8, 4) is 0 Å². The molecule has 180 valence electrons. The zero-order chi connectivity index (χ0) is 24.6. The standard InChI is InChI=1S/C25H25N5O5/c31-19(16-29-20(32)24(26-22(29)34)14-8-3-9-15-24)28-30-21(33)25(27-23(30)35,17-10-4-1-5-11-17)18-12-6-2-7-13-18/h1-2,4-7,10-13H,3,8-9,14-16H2,(H,26,34)(H,27,35)(H,28,31). The molecule has 0 unspecified atom stereocenters. The number of imide groups is 2. The fourth-order valence-electron chi connectivity index (χ4n) is 5.18. The van der Waals surface area contributed by atoms with E-state index >= 15 is 0 Å². The quantitative estimate of drug-likeness (QED) is 0.568. The van der Waals surface area contributed by atoms with Crippen LogP contribution in [0.25, 0.3) is 0 Å².